The number of carboxylic acid groups (broad SMARTS) is 1. The van der Waals surface area contributed by atoms with Gasteiger partial charge in [0.05, 0.1) is 6.10 Å². The fourth-order valence-electron chi connectivity index (χ4n) is 5.05. The van der Waals surface area contributed by atoms with Crippen LogP contribution >= 0.6 is 0 Å². The Morgan fingerprint density at radius 3 is 2.25 bits per heavy atom. The van der Waals surface area contributed by atoms with Gasteiger partial charge in [0.1, 0.15) is 6.10 Å². The van der Waals surface area contributed by atoms with Gasteiger partial charge in [-0.05, 0) is 62.8 Å². The number of likely N-dealkylation sites (tertiary alicyclic amines) is 2. The SMILES string of the molecule is CC1CCN(C(=O)[C@@H]2C[C@@H]3CCN(CC4CCOCC4)C[C@@H]3O2)CC1.O=C(O)C(F)(F)F. The fourth-order valence-corrected chi connectivity index (χ4v) is 5.05. The molecule has 4 aliphatic heterocycles. The summed E-state index contributed by atoms with van der Waals surface area (Å²) in [6.45, 7) is 9.34. The van der Waals surface area contributed by atoms with Crippen molar-refractivity contribution in [1.82, 2.24) is 9.80 Å². The molecule has 4 rings (SSSR count). The van der Waals surface area contributed by atoms with E-state index in [1.54, 1.807) is 0 Å². The van der Waals surface area contributed by atoms with Crippen molar-refractivity contribution in [3.8, 4) is 0 Å². The molecule has 0 radical (unpaired) electrons. The van der Waals surface area contributed by atoms with Gasteiger partial charge in [0.2, 0.25) is 0 Å². The zero-order chi connectivity index (χ0) is 23.3. The molecule has 0 aromatic rings. The molecule has 1 N–H and O–H groups in total. The minimum Gasteiger partial charge on any atom is -0.475 e. The zero-order valence-corrected chi connectivity index (χ0v) is 18.7. The quantitative estimate of drug-likeness (QED) is 0.692. The molecule has 1 amide bonds. The molecule has 4 saturated heterocycles. The molecule has 0 spiro atoms. The molecule has 7 nitrogen and oxygen atoms in total. The first-order valence-corrected chi connectivity index (χ1v) is 11.7. The molecule has 3 atom stereocenters. The lowest BCUT2D eigenvalue weighted by atomic mass is 9.90. The van der Waals surface area contributed by atoms with Gasteiger partial charge in [-0.2, -0.15) is 13.2 Å². The van der Waals surface area contributed by atoms with Gasteiger partial charge in [0.25, 0.3) is 5.91 Å². The highest BCUT2D eigenvalue weighted by atomic mass is 19.4. The third kappa shape index (κ3) is 7.05. The van der Waals surface area contributed by atoms with E-state index in [4.69, 9.17) is 19.4 Å². The van der Waals surface area contributed by atoms with Crippen molar-refractivity contribution in [2.45, 2.75) is 63.8 Å². The van der Waals surface area contributed by atoms with Gasteiger partial charge < -0.3 is 24.4 Å². The largest absolute Gasteiger partial charge is 0.490 e. The number of alkyl halides is 3. The Bertz CT molecular complexity index is 634. The van der Waals surface area contributed by atoms with Gasteiger partial charge in [-0.15, -0.1) is 0 Å². The maximum Gasteiger partial charge on any atom is 0.490 e. The first-order chi connectivity index (χ1) is 15.1. The second kappa shape index (κ2) is 11.2. The summed E-state index contributed by atoms with van der Waals surface area (Å²) in [7, 11) is 0. The minimum atomic E-state index is -5.08. The van der Waals surface area contributed by atoms with Crippen molar-refractivity contribution < 1.29 is 37.3 Å². The third-order valence-corrected chi connectivity index (χ3v) is 7.11. The summed E-state index contributed by atoms with van der Waals surface area (Å²) >= 11 is 0. The average molecular weight is 465 g/mol. The molecule has 0 unspecified atom stereocenters. The standard InChI is InChI=1S/C20H34N2O3.C2HF3O2/c1-15-2-8-22(9-3-15)20(23)18-12-17-4-7-21(14-19(17)25-18)13-16-5-10-24-11-6-16;3-2(4,5)1(6)7/h15-19H,2-14H2,1H3;(H,6,7)/t17-,18-,19-;/m0./s1. The van der Waals surface area contributed by atoms with Gasteiger partial charge >= 0.3 is 12.1 Å². The second-order valence-corrected chi connectivity index (χ2v) is 9.57. The summed E-state index contributed by atoms with van der Waals surface area (Å²) in [5, 5.41) is 7.12. The van der Waals surface area contributed by atoms with Crippen LogP contribution in [0.3, 0.4) is 0 Å². The van der Waals surface area contributed by atoms with Crippen molar-refractivity contribution in [2.75, 3.05) is 45.9 Å². The van der Waals surface area contributed by atoms with Gasteiger partial charge in [0, 0.05) is 39.4 Å². The molecule has 0 saturated carbocycles. The van der Waals surface area contributed by atoms with Crippen LogP contribution in [0, 0.1) is 17.8 Å². The molecule has 4 aliphatic rings. The molecule has 184 valence electrons. The smallest absolute Gasteiger partial charge is 0.475 e. The van der Waals surface area contributed by atoms with Crippen LogP contribution in [0.2, 0.25) is 0 Å². The highest BCUT2D eigenvalue weighted by Gasteiger charge is 2.43. The van der Waals surface area contributed by atoms with E-state index >= 15 is 0 Å². The number of hydrogen-bond acceptors (Lipinski definition) is 5. The van der Waals surface area contributed by atoms with Crippen molar-refractivity contribution in [3.63, 3.8) is 0 Å². The van der Waals surface area contributed by atoms with Crippen LogP contribution in [0.25, 0.3) is 0 Å². The maximum absolute atomic E-state index is 12.8. The molecular weight excluding hydrogens is 429 g/mol. The molecule has 32 heavy (non-hydrogen) atoms. The van der Waals surface area contributed by atoms with Crippen LogP contribution in [0.1, 0.15) is 45.4 Å². The molecule has 4 fully saturated rings. The number of hydrogen-bond donors (Lipinski definition) is 1. The summed E-state index contributed by atoms with van der Waals surface area (Å²) in [6.07, 6.45) is 1.82. The van der Waals surface area contributed by atoms with E-state index in [9.17, 15) is 18.0 Å². The van der Waals surface area contributed by atoms with E-state index in [0.717, 1.165) is 63.9 Å². The number of carboxylic acids is 1. The van der Waals surface area contributed by atoms with Crippen molar-refractivity contribution in [1.29, 1.82) is 0 Å². The Hall–Kier alpha value is -1.39. The lowest BCUT2D eigenvalue weighted by Gasteiger charge is -2.37. The zero-order valence-electron chi connectivity index (χ0n) is 18.7. The van der Waals surface area contributed by atoms with Crippen LogP contribution in [0.4, 0.5) is 13.2 Å². The fraction of sp³-hybridized carbons (Fsp3) is 0.909. The Morgan fingerprint density at radius 1 is 1.03 bits per heavy atom. The Balaban J connectivity index is 0.000000360. The van der Waals surface area contributed by atoms with Crippen molar-refractivity contribution in [3.05, 3.63) is 0 Å². The topological polar surface area (TPSA) is 79.3 Å². The van der Waals surface area contributed by atoms with Crippen molar-refractivity contribution in [2.24, 2.45) is 17.8 Å². The maximum atomic E-state index is 12.8. The van der Waals surface area contributed by atoms with E-state index in [-0.39, 0.29) is 18.1 Å². The molecule has 10 heteroatoms. The third-order valence-electron chi connectivity index (χ3n) is 7.11. The number of fused-ring (bicyclic) bond motifs is 1. The van der Waals surface area contributed by atoms with E-state index in [1.807, 2.05) is 0 Å². The van der Waals surface area contributed by atoms with E-state index in [0.29, 0.717) is 5.92 Å². The summed E-state index contributed by atoms with van der Waals surface area (Å²) in [5.41, 5.74) is 0. The molecule has 0 aliphatic carbocycles. The van der Waals surface area contributed by atoms with Gasteiger partial charge in [-0.25, -0.2) is 4.79 Å². The normalized spacial score (nSPS) is 30.4. The monoisotopic (exact) mass is 464 g/mol. The number of halogens is 3. The highest BCUT2D eigenvalue weighted by molar-refractivity contribution is 5.81. The van der Waals surface area contributed by atoms with Crippen LogP contribution < -0.4 is 0 Å². The number of amides is 1. The van der Waals surface area contributed by atoms with Gasteiger partial charge in [-0.3, -0.25) is 4.79 Å². The van der Waals surface area contributed by atoms with Gasteiger partial charge in [-0.1, -0.05) is 6.92 Å². The van der Waals surface area contributed by atoms with E-state index < -0.39 is 12.1 Å². The Labute approximate surface area is 187 Å². The summed E-state index contributed by atoms with van der Waals surface area (Å²) < 4.78 is 43.5. The van der Waals surface area contributed by atoms with Crippen LogP contribution in [-0.2, 0) is 19.1 Å². The van der Waals surface area contributed by atoms with E-state index in [1.165, 1.54) is 32.4 Å². The summed E-state index contributed by atoms with van der Waals surface area (Å²) in [4.78, 5) is 26.4. The number of piperidine rings is 2. The predicted octanol–water partition coefficient (Wildman–Crippen LogP) is 2.78. The number of ether oxygens (including phenoxy) is 2. The highest BCUT2D eigenvalue weighted by Crippen LogP contribution is 2.35. The molecule has 0 aromatic carbocycles. The molecular formula is C22H35F3N2O5. The lowest BCUT2D eigenvalue weighted by molar-refractivity contribution is -0.192. The van der Waals surface area contributed by atoms with Crippen LogP contribution in [-0.4, -0.2) is 91.1 Å². The van der Waals surface area contributed by atoms with Gasteiger partial charge in [0.15, 0.2) is 0 Å². The second-order valence-electron chi connectivity index (χ2n) is 9.57. The molecule has 0 aromatic heterocycles. The Kier molecular flexibility index (Phi) is 8.80. The summed E-state index contributed by atoms with van der Waals surface area (Å²) in [6, 6.07) is 0. The lowest BCUT2D eigenvalue weighted by Crippen LogP contribution is -2.45. The molecule has 4 heterocycles. The van der Waals surface area contributed by atoms with E-state index in [2.05, 4.69) is 16.7 Å². The van der Waals surface area contributed by atoms with Crippen molar-refractivity contribution >= 4 is 11.9 Å². The number of carbonyl (C=O) groups excluding carboxylic acids is 1. The first-order valence-electron chi connectivity index (χ1n) is 11.7. The predicted molar refractivity (Wildman–Crippen MR) is 110 cm³/mol. The average Bonchev–Trinajstić information content (AvgIpc) is 3.18. The van der Waals surface area contributed by atoms with Crippen LogP contribution in [0.5, 0.6) is 0 Å². The molecule has 0 bridgehead atoms. The van der Waals surface area contributed by atoms with Crippen LogP contribution in [0.15, 0.2) is 0 Å². The minimum absolute atomic E-state index is 0.175. The number of aliphatic carboxylic acids is 1. The Morgan fingerprint density at radius 2 is 1.66 bits per heavy atom. The number of nitrogens with zero attached hydrogens (tertiary/aromatic N) is 2. The number of carbonyl (C=O) groups is 2. The first kappa shape index (κ1) is 25.2. The summed E-state index contributed by atoms with van der Waals surface area (Å²) in [5.74, 6) is -0.372. The number of rotatable bonds is 3.